The van der Waals surface area contributed by atoms with E-state index in [0.29, 0.717) is 30.4 Å². The van der Waals surface area contributed by atoms with Gasteiger partial charge in [-0.1, -0.05) is 12.1 Å². The summed E-state index contributed by atoms with van der Waals surface area (Å²) in [6, 6.07) is 8.70. The number of piperidine rings is 1. The van der Waals surface area contributed by atoms with Crippen LogP contribution in [0.1, 0.15) is 24.5 Å². The topological polar surface area (TPSA) is 87.5 Å². The number of likely N-dealkylation sites (tertiary alicyclic amines) is 1. The highest BCUT2D eigenvalue weighted by Crippen LogP contribution is 2.29. The van der Waals surface area contributed by atoms with Crippen LogP contribution >= 0.6 is 0 Å². The molecule has 1 aliphatic heterocycles. The number of para-hydroxylation sites is 2. The number of aryl methyl sites for hydroxylation is 1. The minimum atomic E-state index is -3.42. The van der Waals surface area contributed by atoms with E-state index in [1.807, 2.05) is 17.8 Å². The van der Waals surface area contributed by atoms with Gasteiger partial charge in [0.1, 0.15) is 0 Å². The Labute approximate surface area is 159 Å². The second kappa shape index (κ2) is 7.59. The van der Waals surface area contributed by atoms with Crippen molar-refractivity contribution in [2.45, 2.75) is 18.8 Å². The van der Waals surface area contributed by atoms with Gasteiger partial charge in [-0.3, -0.25) is 8.99 Å². The maximum absolute atomic E-state index is 12.7. The minimum Gasteiger partial charge on any atom is -0.324 e. The minimum absolute atomic E-state index is 0.215. The van der Waals surface area contributed by atoms with E-state index >= 15 is 0 Å². The second-order valence-electron chi connectivity index (χ2n) is 6.82. The summed E-state index contributed by atoms with van der Waals surface area (Å²) in [4.78, 5) is 14.4. The van der Waals surface area contributed by atoms with Gasteiger partial charge < -0.3 is 10.2 Å². The summed E-state index contributed by atoms with van der Waals surface area (Å²) in [5.41, 5.74) is 2.11. The highest BCUT2D eigenvalue weighted by Gasteiger charge is 2.26. The lowest BCUT2D eigenvalue weighted by Crippen LogP contribution is -2.41. The Hall–Kier alpha value is -2.55. The van der Waals surface area contributed by atoms with Gasteiger partial charge in [-0.25, -0.2) is 13.2 Å². The molecule has 0 bridgehead atoms. The molecule has 0 atom stereocenters. The van der Waals surface area contributed by atoms with Gasteiger partial charge in [0.2, 0.25) is 10.0 Å². The number of carbonyl (C=O) groups is 1. The van der Waals surface area contributed by atoms with Crippen molar-refractivity contribution in [3.8, 4) is 0 Å². The zero-order valence-electron chi connectivity index (χ0n) is 15.8. The summed E-state index contributed by atoms with van der Waals surface area (Å²) in [6.45, 7) is 1.29. The van der Waals surface area contributed by atoms with Crippen LogP contribution in [0.25, 0.3) is 0 Å². The predicted octanol–water partition coefficient (Wildman–Crippen LogP) is 2.23. The van der Waals surface area contributed by atoms with E-state index in [1.54, 1.807) is 35.4 Å². The van der Waals surface area contributed by atoms with Crippen LogP contribution in [0.3, 0.4) is 0 Å². The fourth-order valence-electron chi connectivity index (χ4n) is 3.39. The Morgan fingerprint density at radius 3 is 2.48 bits per heavy atom. The first-order valence-electron chi connectivity index (χ1n) is 8.84. The number of benzene rings is 1. The first kappa shape index (κ1) is 19.2. The number of anilines is 2. The number of carbonyl (C=O) groups excluding carboxylic acids is 1. The van der Waals surface area contributed by atoms with Crippen molar-refractivity contribution in [1.82, 2.24) is 14.7 Å². The van der Waals surface area contributed by atoms with Crippen molar-refractivity contribution in [3.63, 3.8) is 0 Å². The van der Waals surface area contributed by atoms with Crippen molar-refractivity contribution in [3.05, 3.63) is 42.2 Å². The number of hydrogen-bond donors (Lipinski definition) is 1. The summed E-state index contributed by atoms with van der Waals surface area (Å²) in [6.07, 6.45) is 4.67. The fourth-order valence-corrected chi connectivity index (χ4v) is 3.91. The van der Waals surface area contributed by atoms with E-state index < -0.39 is 10.0 Å². The molecular formula is C18H25N5O3S. The van der Waals surface area contributed by atoms with E-state index in [-0.39, 0.29) is 6.03 Å². The van der Waals surface area contributed by atoms with Gasteiger partial charge in [-0.15, -0.1) is 0 Å². The molecule has 2 aromatic rings. The molecule has 1 aromatic heterocycles. The number of rotatable bonds is 4. The smallest absolute Gasteiger partial charge is 0.321 e. The number of aromatic nitrogens is 2. The molecule has 0 unspecified atom stereocenters. The molecule has 0 saturated carbocycles. The molecular weight excluding hydrogens is 366 g/mol. The molecule has 27 heavy (non-hydrogen) atoms. The maximum atomic E-state index is 12.7. The lowest BCUT2D eigenvalue weighted by Gasteiger charge is -2.32. The second-order valence-corrected chi connectivity index (χ2v) is 8.83. The molecule has 0 spiro atoms. The number of amides is 2. The Bertz CT molecular complexity index is 917. The predicted molar refractivity (Wildman–Crippen MR) is 105 cm³/mol. The first-order chi connectivity index (χ1) is 12.8. The van der Waals surface area contributed by atoms with E-state index in [4.69, 9.17) is 0 Å². The standard InChI is InChI=1S/C18H25N5O3S/c1-21-16(8-11-19-21)14-9-12-23(13-10-14)18(24)20-15-6-4-5-7-17(15)22(2)27(3,25)26/h4-8,11,14H,9-10,12-13H2,1-3H3,(H,20,24). The average molecular weight is 391 g/mol. The highest BCUT2D eigenvalue weighted by molar-refractivity contribution is 7.92. The molecule has 1 aliphatic rings. The highest BCUT2D eigenvalue weighted by atomic mass is 32.2. The van der Waals surface area contributed by atoms with Crippen LogP contribution in [0.4, 0.5) is 16.2 Å². The number of sulfonamides is 1. The van der Waals surface area contributed by atoms with Crippen molar-refractivity contribution in [2.24, 2.45) is 7.05 Å². The van der Waals surface area contributed by atoms with Crippen LogP contribution in [-0.4, -0.2) is 55.5 Å². The molecule has 146 valence electrons. The quantitative estimate of drug-likeness (QED) is 0.866. The monoisotopic (exact) mass is 391 g/mol. The molecule has 0 radical (unpaired) electrons. The molecule has 2 amide bonds. The van der Waals surface area contributed by atoms with Crippen molar-refractivity contribution >= 4 is 27.4 Å². The van der Waals surface area contributed by atoms with Gasteiger partial charge in [0.15, 0.2) is 0 Å². The van der Waals surface area contributed by atoms with Crippen LogP contribution in [-0.2, 0) is 17.1 Å². The molecule has 1 N–H and O–H groups in total. The first-order valence-corrected chi connectivity index (χ1v) is 10.7. The largest absolute Gasteiger partial charge is 0.324 e. The van der Waals surface area contributed by atoms with Gasteiger partial charge in [-0.2, -0.15) is 5.10 Å². The Balaban J connectivity index is 1.66. The van der Waals surface area contributed by atoms with Gasteiger partial charge >= 0.3 is 6.03 Å². The summed E-state index contributed by atoms with van der Waals surface area (Å²) < 4.78 is 26.7. The molecule has 8 nitrogen and oxygen atoms in total. The SMILES string of the molecule is CN(c1ccccc1NC(=O)N1CCC(c2ccnn2C)CC1)S(C)(=O)=O. The Morgan fingerprint density at radius 1 is 1.22 bits per heavy atom. The number of nitrogens with one attached hydrogen (secondary N) is 1. The molecule has 3 rings (SSSR count). The van der Waals surface area contributed by atoms with Crippen molar-refractivity contribution in [2.75, 3.05) is 36.0 Å². The average Bonchev–Trinajstić information content (AvgIpc) is 3.07. The normalized spacial score (nSPS) is 15.6. The third kappa shape index (κ3) is 4.24. The molecule has 1 saturated heterocycles. The van der Waals surface area contributed by atoms with Crippen LogP contribution in [0.2, 0.25) is 0 Å². The fraction of sp³-hybridized carbons (Fsp3) is 0.444. The van der Waals surface area contributed by atoms with E-state index in [1.165, 1.54) is 12.7 Å². The van der Waals surface area contributed by atoms with Crippen LogP contribution in [0, 0.1) is 0 Å². The lowest BCUT2D eigenvalue weighted by atomic mass is 9.93. The summed E-state index contributed by atoms with van der Waals surface area (Å²) in [5.74, 6) is 0.394. The van der Waals surface area contributed by atoms with Gasteiger partial charge in [0.25, 0.3) is 0 Å². The van der Waals surface area contributed by atoms with Crippen LogP contribution in [0.15, 0.2) is 36.5 Å². The zero-order valence-corrected chi connectivity index (χ0v) is 16.6. The lowest BCUT2D eigenvalue weighted by molar-refractivity contribution is 0.193. The third-order valence-corrected chi connectivity index (χ3v) is 6.23. The molecule has 1 fully saturated rings. The summed E-state index contributed by atoms with van der Waals surface area (Å²) in [7, 11) is -0.00924. The zero-order chi connectivity index (χ0) is 19.6. The van der Waals surface area contributed by atoms with Crippen LogP contribution in [0.5, 0.6) is 0 Å². The van der Waals surface area contributed by atoms with Crippen LogP contribution < -0.4 is 9.62 Å². The summed E-state index contributed by atoms with van der Waals surface area (Å²) >= 11 is 0. The number of urea groups is 1. The third-order valence-electron chi connectivity index (χ3n) is 5.04. The van der Waals surface area contributed by atoms with E-state index in [9.17, 15) is 13.2 Å². The Kier molecular flexibility index (Phi) is 5.41. The number of hydrogen-bond acceptors (Lipinski definition) is 4. The van der Waals surface area contributed by atoms with E-state index in [0.717, 1.165) is 23.4 Å². The van der Waals surface area contributed by atoms with E-state index in [2.05, 4.69) is 10.4 Å². The maximum Gasteiger partial charge on any atom is 0.321 e. The van der Waals surface area contributed by atoms with Gasteiger partial charge in [0.05, 0.1) is 17.6 Å². The molecule has 2 heterocycles. The van der Waals surface area contributed by atoms with Crippen molar-refractivity contribution in [1.29, 1.82) is 0 Å². The van der Waals surface area contributed by atoms with Gasteiger partial charge in [-0.05, 0) is 31.0 Å². The number of nitrogens with zero attached hydrogens (tertiary/aromatic N) is 4. The summed E-state index contributed by atoms with van der Waals surface area (Å²) in [5, 5.41) is 7.08. The van der Waals surface area contributed by atoms with Gasteiger partial charge in [0, 0.05) is 45.0 Å². The molecule has 0 aliphatic carbocycles. The molecule has 1 aromatic carbocycles. The molecule has 9 heteroatoms. The van der Waals surface area contributed by atoms with Crippen molar-refractivity contribution < 1.29 is 13.2 Å². The Morgan fingerprint density at radius 2 is 1.89 bits per heavy atom.